The van der Waals surface area contributed by atoms with Gasteiger partial charge in [0.15, 0.2) is 0 Å². The number of anilines is 1. The third-order valence-corrected chi connectivity index (χ3v) is 5.38. The van der Waals surface area contributed by atoms with Gasteiger partial charge < -0.3 is 14.6 Å². The van der Waals surface area contributed by atoms with Crippen LogP contribution in [-0.2, 0) is 16.6 Å². The number of aromatic nitrogens is 2. The van der Waals surface area contributed by atoms with E-state index in [1.807, 2.05) is 53.0 Å². The molecule has 1 atom stereocenters. The lowest BCUT2D eigenvalue weighted by Gasteiger charge is -2.24. The van der Waals surface area contributed by atoms with Crippen molar-refractivity contribution in [3.05, 3.63) is 48.4 Å². The summed E-state index contributed by atoms with van der Waals surface area (Å²) >= 11 is 0. The third kappa shape index (κ3) is 4.86. The molecule has 2 fully saturated rings. The molecule has 0 aliphatic carbocycles. The lowest BCUT2D eigenvalue weighted by atomic mass is 9.86. The molecule has 1 unspecified atom stereocenters. The number of nitrogens with zero attached hydrogens (tertiary/aromatic N) is 4. The van der Waals surface area contributed by atoms with Gasteiger partial charge in [-0.3, -0.25) is 14.5 Å². The predicted octanol–water partition coefficient (Wildman–Crippen LogP) is 2.32. The molecular weight excluding hydrogens is 417 g/mol. The van der Waals surface area contributed by atoms with E-state index < -0.39 is 12.1 Å². The van der Waals surface area contributed by atoms with Crippen molar-refractivity contribution in [2.75, 3.05) is 24.5 Å². The molecule has 2 saturated heterocycles. The molecule has 1 spiro atoms. The monoisotopic (exact) mass is 438 g/mol. The van der Waals surface area contributed by atoms with Crippen LogP contribution < -0.4 is 4.90 Å². The Kier molecular flexibility index (Phi) is 6.05. The number of carbonyl (C=O) groups is 3. The van der Waals surface area contributed by atoms with Gasteiger partial charge in [-0.15, -0.1) is 0 Å². The number of aryl methyl sites for hydroxylation is 1. The number of halogens is 3. The van der Waals surface area contributed by atoms with Crippen LogP contribution in [0.3, 0.4) is 0 Å². The van der Waals surface area contributed by atoms with Gasteiger partial charge in [0.2, 0.25) is 5.91 Å². The molecule has 0 aromatic carbocycles. The average Bonchev–Trinajstić information content (AvgIpc) is 3.41. The number of alkyl halides is 3. The highest BCUT2D eigenvalue weighted by Gasteiger charge is 2.49. The van der Waals surface area contributed by atoms with Gasteiger partial charge in [-0.25, -0.2) is 9.78 Å². The van der Waals surface area contributed by atoms with Crippen molar-refractivity contribution in [1.82, 2.24) is 14.5 Å². The van der Waals surface area contributed by atoms with Gasteiger partial charge in [0.1, 0.15) is 11.5 Å². The second-order valence-electron chi connectivity index (χ2n) is 7.63. The van der Waals surface area contributed by atoms with Crippen molar-refractivity contribution in [3.8, 4) is 0 Å². The van der Waals surface area contributed by atoms with Gasteiger partial charge >= 0.3 is 12.1 Å². The first kappa shape index (κ1) is 22.3. The highest BCUT2D eigenvalue weighted by molar-refractivity contribution is 5.96. The summed E-state index contributed by atoms with van der Waals surface area (Å²) in [7, 11) is 1.88. The zero-order valence-corrected chi connectivity index (χ0v) is 16.7. The maximum atomic E-state index is 12.7. The molecule has 11 heteroatoms. The van der Waals surface area contributed by atoms with Crippen LogP contribution in [0, 0.1) is 5.41 Å². The molecule has 4 heterocycles. The number of hydrogen-bond donors (Lipinski definition) is 1. The summed E-state index contributed by atoms with van der Waals surface area (Å²) in [6, 6.07) is 9.31. The van der Waals surface area contributed by atoms with Crippen LogP contribution >= 0.6 is 0 Å². The topological polar surface area (TPSA) is 95.7 Å². The number of carboxylic acid groups (broad SMARTS) is 1. The molecule has 2 aromatic rings. The summed E-state index contributed by atoms with van der Waals surface area (Å²) in [6.07, 6.45) is -0.160. The molecule has 2 aromatic heterocycles. The fourth-order valence-electron chi connectivity index (χ4n) is 3.85. The van der Waals surface area contributed by atoms with Gasteiger partial charge in [-0.05, 0) is 30.7 Å². The number of carbonyl (C=O) groups excluding carboxylic acids is 2. The molecular formula is C20H21F3N4O4. The summed E-state index contributed by atoms with van der Waals surface area (Å²) in [5, 5.41) is 7.12. The van der Waals surface area contributed by atoms with Crippen molar-refractivity contribution < 1.29 is 32.7 Å². The van der Waals surface area contributed by atoms with E-state index in [9.17, 15) is 22.8 Å². The highest BCUT2D eigenvalue weighted by atomic mass is 19.4. The molecule has 166 valence electrons. The van der Waals surface area contributed by atoms with Crippen molar-refractivity contribution in [3.63, 3.8) is 0 Å². The van der Waals surface area contributed by atoms with E-state index in [2.05, 4.69) is 4.98 Å². The Morgan fingerprint density at radius 2 is 1.87 bits per heavy atom. The van der Waals surface area contributed by atoms with Crippen molar-refractivity contribution >= 4 is 23.6 Å². The Labute approximate surface area is 175 Å². The molecule has 0 saturated carbocycles. The van der Waals surface area contributed by atoms with E-state index in [0.717, 1.165) is 6.42 Å². The first-order valence-electron chi connectivity index (χ1n) is 9.45. The number of amides is 2. The number of hydrogen-bond acceptors (Lipinski definition) is 4. The fourth-order valence-corrected chi connectivity index (χ4v) is 3.85. The zero-order valence-electron chi connectivity index (χ0n) is 16.7. The maximum Gasteiger partial charge on any atom is 0.490 e. The van der Waals surface area contributed by atoms with Crippen LogP contribution in [0.1, 0.15) is 23.3 Å². The zero-order chi connectivity index (χ0) is 22.8. The molecule has 0 bridgehead atoms. The van der Waals surface area contributed by atoms with E-state index in [0.29, 0.717) is 37.6 Å². The molecule has 0 radical (unpaired) electrons. The number of pyridine rings is 1. The van der Waals surface area contributed by atoms with Gasteiger partial charge in [-0.2, -0.15) is 13.2 Å². The summed E-state index contributed by atoms with van der Waals surface area (Å²) in [5.74, 6) is -1.91. The van der Waals surface area contributed by atoms with Crippen molar-refractivity contribution in [2.45, 2.75) is 19.0 Å². The van der Waals surface area contributed by atoms with E-state index in [-0.39, 0.29) is 17.2 Å². The Morgan fingerprint density at radius 3 is 2.42 bits per heavy atom. The highest BCUT2D eigenvalue weighted by Crippen LogP contribution is 2.41. The second-order valence-corrected chi connectivity index (χ2v) is 7.63. The number of likely N-dealkylation sites (tertiary alicyclic amines) is 1. The van der Waals surface area contributed by atoms with Crippen molar-refractivity contribution in [2.24, 2.45) is 12.5 Å². The minimum absolute atomic E-state index is 0.0445. The number of aliphatic carboxylic acids is 1. The first-order chi connectivity index (χ1) is 14.5. The van der Waals surface area contributed by atoms with Crippen LogP contribution in [0.2, 0.25) is 0 Å². The molecule has 1 N–H and O–H groups in total. The quantitative estimate of drug-likeness (QED) is 0.777. The van der Waals surface area contributed by atoms with Gasteiger partial charge in [0.05, 0.1) is 0 Å². The normalized spacial score (nSPS) is 20.7. The van der Waals surface area contributed by atoms with E-state index in [1.165, 1.54) is 0 Å². The van der Waals surface area contributed by atoms with Crippen LogP contribution in [0.25, 0.3) is 0 Å². The smallest absolute Gasteiger partial charge is 0.475 e. The number of rotatable bonds is 2. The third-order valence-electron chi connectivity index (χ3n) is 5.38. The van der Waals surface area contributed by atoms with Gasteiger partial charge in [-0.1, -0.05) is 6.07 Å². The maximum absolute atomic E-state index is 12.7. The predicted molar refractivity (Wildman–Crippen MR) is 103 cm³/mol. The van der Waals surface area contributed by atoms with Crippen LogP contribution in [0.5, 0.6) is 0 Å². The largest absolute Gasteiger partial charge is 0.490 e. The molecule has 2 amide bonds. The van der Waals surface area contributed by atoms with Gasteiger partial charge in [0.25, 0.3) is 5.91 Å². The molecule has 2 aliphatic rings. The fraction of sp³-hybridized carbons (Fsp3) is 0.400. The lowest BCUT2D eigenvalue weighted by Crippen LogP contribution is -2.35. The van der Waals surface area contributed by atoms with Crippen LogP contribution in [-0.4, -0.2) is 63.2 Å². The average molecular weight is 438 g/mol. The molecule has 2 aliphatic heterocycles. The summed E-state index contributed by atoms with van der Waals surface area (Å²) in [6.45, 7) is 1.97. The molecule has 31 heavy (non-hydrogen) atoms. The SMILES string of the molecule is Cn1cccc1C(=O)N1CCC2(CC(=O)N(c3ccccn3)C2)C1.O=C(O)C(F)(F)F. The Hall–Kier alpha value is -3.37. The Morgan fingerprint density at radius 1 is 1.16 bits per heavy atom. The molecule has 8 nitrogen and oxygen atoms in total. The van der Waals surface area contributed by atoms with Crippen LogP contribution in [0.15, 0.2) is 42.7 Å². The van der Waals surface area contributed by atoms with E-state index in [4.69, 9.17) is 9.90 Å². The molecule has 4 rings (SSSR count). The number of carboxylic acids is 1. The summed E-state index contributed by atoms with van der Waals surface area (Å²) in [5.41, 5.74) is 0.549. The Balaban J connectivity index is 0.000000339. The summed E-state index contributed by atoms with van der Waals surface area (Å²) in [4.78, 5) is 42.0. The van der Waals surface area contributed by atoms with Crippen molar-refractivity contribution in [1.29, 1.82) is 0 Å². The minimum Gasteiger partial charge on any atom is -0.475 e. The second kappa shape index (κ2) is 8.40. The first-order valence-corrected chi connectivity index (χ1v) is 9.45. The van der Waals surface area contributed by atoms with Gasteiger partial charge in [0, 0.05) is 50.9 Å². The minimum atomic E-state index is -5.08. The van der Waals surface area contributed by atoms with E-state index in [1.54, 1.807) is 11.1 Å². The van der Waals surface area contributed by atoms with Crippen LogP contribution in [0.4, 0.5) is 19.0 Å². The Bertz CT molecular complexity index is 976. The van der Waals surface area contributed by atoms with E-state index >= 15 is 0 Å². The standard InChI is InChI=1S/C18H20N4O2.C2HF3O2/c1-20-9-4-5-14(20)17(24)21-10-7-18(12-21)11-16(23)22(13-18)15-6-2-3-8-19-15;3-2(4,5)1(6)7/h2-6,8-9H,7,10-13H2,1H3;(H,6,7). The summed E-state index contributed by atoms with van der Waals surface area (Å²) < 4.78 is 33.6. The lowest BCUT2D eigenvalue weighted by molar-refractivity contribution is -0.192.